The molecular weight excluding hydrogens is 225 g/mol. The molecule has 2 rings (SSSR count). The molecule has 0 aliphatic rings. The molecule has 0 aliphatic carbocycles. The zero-order valence-corrected chi connectivity index (χ0v) is 10.2. The molecule has 0 saturated heterocycles. The van der Waals surface area contributed by atoms with Crippen molar-refractivity contribution in [2.45, 2.75) is 19.3 Å². The van der Waals surface area contributed by atoms with Crippen LogP contribution in [0.2, 0.25) is 0 Å². The highest BCUT2D eigenvalue weighted by Gasteiger charge is 2.12. The highest BCUT2D eigenvalue weighted by Crippen LogP contribution is 2.22. The van der Waals surface area contributed by atoms with E-state index in [1.54, 1.807) is 12.1 Å². The van der Waals surface area contributed by atoms with E-state index in [2.05, 4.69) is 6.07 Å². The second kappa shape index (κ2) is 5.46. The molecule has 0 fully saturated rings. The maximum atomic E-state index is 12.9. The fourth-order valence-corrected chi connectivity index (χ4v) is 1.99. The van der Waals surface area contributed by atoms with Crippen molar-refractivity contribution < 1.29 is 4.39 Å². The molecule has 2 heteroatoms. The van der Waals surface area contributed by atoms with Gasteiger partial charge in [-0.25, -0.2) is 4.39 Å². The van der Waals surface area contributed by atoms with E-state index in [1.807, 2.05) is 31.2 Å². The van der Waals surface area contributed by atoms with Crippen LogP contribution >= 0.6 is 0 Å². The SMILES string of the molecule is Cc1ccccc1CC(C#N)c1ccc(F)cc1. The number of benzene rings is 2. The molecule has 90 valence electrons. The summed E-state index contributed by atoms with van der Waals surface area (Å²) in [5, 5.41) is 9.26. The third-order valence-electron chi connectivity index (χ3n) is 3.11. The molecule has 0 amide bonds. The lowest BCUT2D eigenvalue weighted by Gasteiger charge is -2.11. The van der Waals surface area contributed by atoms with Crippen molar-refractivity contribution in [3.63, 3.8) is 0 Å². The summed E-state index contributed by atoms with van der Waals surface area (Å²) >= 11 is 0. The fourth-order valence-electron chi connectivity index (χ4n) is 1.99. The maximum absolute atomic E-state index is 12.9. The molecule has 0 bridgehead atoms. The first-order valence-corrected chi connectivity index (χ1v) is 5.90. The first-order valence-electron chi connectivity index (χ1n) is 5.90. The van der Waals surface area contributed by atoms with Gasteiger partial charge >= 0.3 is 0 Å². The van der Waals surface area contributed by atoms with Gasteiger partial charge in [0.2, 0.25) is 0 Å². The van der Waals surface area contributed by atoms with Crippen LogP contribution in [0.4, 0.5) is 4.39 Å². The molecule has 2 aromatic carbocycles. The van der Waals surface area contributed by atoms with E-state index >= 15 is 0 Å². The summed E-state index contributed by atoms with van der Waals surface area (Å²) in [5.41, 5.74) is 3.20. The molecule has 0 aromatic heterocycles. The number of nitriles is 1. The van der Waals surface area contributed by atoms with Crippen molar-refractivity contribution >= 4 is 0 Å². The topological polar surface area (TPSA) is 23.8 Å². The fraction of sp³-hybridized carbons (Fsp3) is 0.188. The lowest BCUT2D eigenvalue weighted by molar-refractivity contribution is 0.626. The van der Waals surface area contributed by atoms with E-state index in [1.165, 1.54) is 17.7 Å². The Kier molecular flexibility index (Phi) is 3.74. The average molecular weight is 239 g/mol. The number of hydrogen-bond donors (Lipinski definition) is 0. The Hall–Kier alpha value is -2.14. The van der Waals surface area contributed by atoms with Crippen molar-refractivity contribution in [1.29, 1.82) is 5.26 Å². The number of rotatable bonds is 3. The van der Waals surface area contributed by atoms with Gasteiger partial charge in [-0.3, -0.25) is 0 Å². The third kappa shape index (κ3) is 2.75. The predicted octanol–water partition coefficient (Wildman–Crippen LogP) is 3.98. The molecule has 18 heavy (non-hydrogen) atoms. The van der Waals surface area contributed by atoms with Gasteiger partial charge < -0.3 is 0 Å². The lowest BCUT2D eigenvalue weighted by Crippen LogP contribution is -2.02. The van der Waals surface area contributed by atoms with Crippen molar-refractivity contribution in [3.05, 3.63) is 71.0 Å². The van der Waals surface area contributed by atoms with Crippen LogP contribution in [-0.4, -0.2) is 0 Å². The summed E-state index contributed by atoms with van der Waals surface area (Å²) in [7, 11) is 0. The highest BCUT2D eigenvalue weighted by molar-refractivity contribution is 5.32. The van der Waals surface area contributed by atoms with Crippen molar-refractivity contribution in [1.82, 2.24) is 0 Å². The molecule has 0 heterocycles. The summed E-state index contributed by atoms with van der Waals surface area (Å²) in [5.74, 6) is -0.502. The van der Waals surface area contributed by atoms with Gasteiger partial charge in [0.1, 0.15) is 5.82 Å². The summed E-state index contributed by atoms with van der Waals surface area (Å²) in [4.78, 5) is 0. The Morgan fingerprint density at radius 3 is 2.39 bits per heavy atom. The van der Waals surface area contributed by atoms with Crippen LogP contribution in [0.3, 0.4) is 0 Å². The van der Waals surface area contributed by atoms with E-state index in [9.17, 15) is 9.65 Å². The minimum absolute atomic E-state index is 0.230. The Morgan fingerprint density at radius 2 is 1.78 bits per heavy atom. The van der Waals surface area contributed by atoms with E-state index in [0.29, 0.717) is 6.42 Å². The van der Waals surface area contributed by atoms with E-state index < -0.39 is 0 Å². The molecule has 0 N–H and O–H groups in total. The van der Waals surface area contributed by atoms with Crippen molar-refractivity contribution in [2.75, 3.05) is 0 Å². The summed E-state index contributed by atoms with van der Waals surface area (Å²) in [6, 6.07) is 16.5. The minimum Gasteiger partial charge on any atom is -0.207 e. The Balaban J connectivity index is 2.23. The molecule has 1 unspecified atom stereocenters. The monoisotopic (exact) mass is 239 g/mol. The van der Waals surface area contributed by atoms with Gasteiger partial charge in [-0.2, -0.15) is 5.26 Å². The highest BCUT2D eigenvalue weighted by atomic mass is 19.1. The van der Waals surface area contributed by atoms with Crippen LogP contribution in [0, 0.1) is 24.1 Å². The second-order valence-corrected chi connectivity index (χ2v) is 4.36. The van der Waals surface area contributed by atoms with E-state index in [4.69, 9.17) is 0 Å². The van der Waals surface area contributed by atoms with Crippen molar-refractivity contribution in [3.8, 4) is 6.07 Å². The zero-order valence-electron chi connectivity index (χ0n) is 10.2. The van der Waals surface area contributed by atoms with Crippen molar-refractivity contribution in [2.24, 2.45) is 0 Å². The average Bonchev–Trinajstić information content (AvgIpc) is 2.39. The molecule has 1 atom stereocenters. The lowest BCUT2D eigenvalue weighted by atomic mass is 9.91. The van der Waals surface area contributed by atoms with Crippen LogP contribution in [0.5, 0.6) is 0 Å². The summed E-state index contributed by atoms with van der Waals surface area (Å²) < 4.78 is 12.9. The molecule has 0 aliphatic heterocycles. The smallest absolute Gasteiger partial charge is 0.123 e. The Bertz CT molecular complexity index is 566. The predicted molar refractivity (Wildman–Crippen MR) is 69.6 cm³/mol. The number of aryl methyl sites for hydroxylation is 1. The Morgan fingerprint density at radius 1 is 1.11 bits per heavy atom. The van der Waals surface area contributed by atoms with Crippen LogP contribution < -0.4 is 0 Å². The quantitative estimate of drug-likeness (QED) is 0.794. The number of hydrogen-bond acceptors (Lipinski definition) is 1. The van der Waals surface area contributed by atoms with E-state index in [0.717, 1.165) is 11.1 Å². The molecule has 0 saturated carbocycles. The van der Waals surface area contributed by atoms with E-state index in [-0.39, 0.29) is 11.7 Å². The first-order chi connectivity index (χ1) is 8.70. The maximum Gasteiger partial charge on any atom is 0.123 e. The molecule has 1 nitrogen and oxygen atoms in total. The molecular formula is C16H14FN. The van der Waals surface area contributed by atoms with Gasteiger partial charge in [0, 0.05) is 0 Å². The standard InChI is InChI=1S/C16H14FN/c1-12-4-2-3-5-14(12)10-15(11-18)13-6-8-16(17)9-7-13/h2-9,15H,10H2,1H3. The van der Waals surface area contributed by atoms with Crippen LogP contribution in [0.1, 0.15) is 22.6 Å². The summed E-state index contributed by atoms with van der Waals surface area (Å²) in [6.07, 6.45) is 0.662. The van der Waals surface area contributed by atoms with Gasteiger partial charge in [-0.05, 0) is 42.2 Å². The zero-order chi connectivity index (χ0) is 13.0. The third-order valence-corrected chi connectivity index (χ3v) is 3.11. The largest absolute Gasteiger partial charge is 0.207 e. The Labute approximate surface area is 107 Å². The van der Waals surface area contributed by atoms with Gasteiger partial charge in [0.15, 0.2) is 0 Å². The minimum atomic E-state index is -0.272. The van der Waals surface area contributed by atoms with Crippen LogP contribution in [-0.2, 0) is 6.42 Å². The van der Waals surface area contributed by atoms with Crippen LogP contribution in [0.25, 0.3) is 0 Å². The number of halogens is 1. The second-order valence-electron chi connectivity index (χ2n) is 4.36. The van der Waals surface area contributed by atoms with Gasteiger partial charge in [0.05, 0.1) is 12.0 Å². The summed E-state index contributed by atoms with van der Waals surface area (Å²) in [6.45, 7) is 2.04. The van der Waals surface area contributed by atoms with Gasteiger partial charge in [-0.1, -0.05) is 36.4 Å². The molecule has 0 spiro atoms. The normalized spacial score (nSPS) is 11.8. The first kappa shape index (κ1) is 12.3. The molecule has 2 aromatic rings. The van der Waals surface area contributed by atoms with Gasteiger partial charge in [0.25, 0.3) is 0 Å². The van der Waals surface area contributed by atoms with Crippen LogP contribution in [0.15, 0.2) is 48.5 Å². The number of nitrogens with zero attached hydrogens (tertiary/aromatic N) is 1. The molecule has 0 radical (unpaired) electrons. The van der Waals surface area contributed by atoms with Gasteiger partial charge in [-0.15, -0.1) is 0 Å².